The number of methoxy groups -OCH3 is 1. The van der Waals surface area contributed by atoms with E-state index in [9.17, 15) is 18.4 Å². The predicted octanol–water partition coefficient (Wildman–Crippen LogP) is 5.56. The molecule has 2 aromatic carbocycles. The number of alkyl halides is 3. The van der Waals surface area contributed by atoms with E-state index in [1.165, 1.54) is 12.3 Å². The van der Waals surface area contributed by atoms with E-state index in [2.05, 4.69) is 21.0 Å². The molecule has 0 bridgehead atoms. The van der Waals surface area contributed by atoms with Gasteiger partial charge in [0.25, 0.3) is 0 Å². The van der Waals surface area contributed by atoms with Crippen LogP contribution in [0.4, 0.5) is 13.2 Å². The first-order chi connectivity index (χ1) is 14.9. The lowest BCUT2D eigenvalue weighted by Crippen LogP contribution is -2.04. The van der Waals surface area contributed by atoms with E-state index in [1.54, 1.807) is 37.4 Å². The monoisotopic (exact) mass is 442 g/mol. The highest BCUT2D eigenvalue weighted by molar-refractivity contribution is 7.18. The molecule has 0 saturated carbocycles. The summed E-state index contributed by atoms with van der Waals surface area (Å²) in [5.41, 5.74) is -0.280. The molecular formula is C21H13F3N4O2S. The van der Waals surface area contributed by atoms with Gasteiger partial charge in [-0.25, -0.2) is 9.97 Å². The first-order valence-corrected chi connectivity index (χ1v) is 9.71. The number of rotatable bonds is 5. The molecule has 0 amide bonds. The Labute approximate surface area is 178 Å². The quantitative estimate of drug-likeness (QED) is 0.402. The molecule has 1 unspecified atom stereocenters. The molecule has 0 aliphatic heterocycles. The van der Waals surface area contributed by atoms with Crippen molar-refractivity contribution in [3.05, 3.63) is 71.0 Å². The van der Waals surface area contributed by atoms with Crippen LogP contribution in [-0.4, -0.2) is 22.1 Å². The second-order valence-corrected chi connectivity index (χ2v) is 7.40. The predicted molar refractivity (Wildman–Crippen MR) is 107 cm³/mol. The number of fused-ring (bicyclic) bond motifs is 1. The van der Waals surface area contributed by atoms with Crippen LogP contribution < -0.4 is 9.47 Å². The SMILES string of the molecule is COc1ccc(Oc2nccc(C(C#N)c3nc4cc(C(F)(F)F)ccc4s3)n2)cc1. The van der Waals surface area contributed by atoms with Gasteiger partial charge in [0, 0.05) is 6.20 Å². The summed E-state index contributed by atoms with van der Waals surface area (Å²) in [7, 11) is 1.55. The highest BCUT2D eigenvalue weighted by Gasteiger charge is 2.31. The molecule has 6 nitrogen and oxygen atoms in total. The number of benzene rings is 2. The third-order valence-corrected chi connectivity index (χ3v) is 5.43. The third kappa shape index (κ3) is 4.41. The fraction of sp³-hybridized carbons (Fsp3) is 0.143. The molecule has 0 fully saturated rings. The molecule has 4 rings (SSSR count). The summed E-state index contributed by atoms with van der Waals surface area (Å²) in [4.78, 5) is 12.6. The van der Waals surface area contributed by atoms with Crippen molar-refractivity contribution in [2.75, 3.05) is 7.11 Å². The van der Waals surface area contributed by atoms with Gasteiger partial charge in [-0.2, -0.15) is 23.4 Å². The van der Waals surface area contributed by atoms with Crippen molar-refractivity contribution in [3.63, 3.8) is 0 Å². The first-order valence-electron chi connectivity index (χ1n) is 8.89. The standard InChI is InChI=1S/C21H13F3N4O2S/c1-29-13-3-5-14(6-4-13)30-20-26-9-8-16(28-20)15(11-25)19-27-17-10-12(21(22,23)24)2-7-18(17)31-19/h2-10,15H,1H3. The van der Waals surface area contributed by atoms with Crippen molar-refractivity contribution in [2.45, 2.75) is 12.1 Å². The molecule has 156 valence electrons. The molecule has 10 heteroatoms. The topological polar surface area (TPSA) is 80.9 Å². The molecule has 0 aliphatic rings. The van der Waals surface area contributed by atoms with Crippen LogP contribution in [0.15, 0.2) is 54.7 Å². The second kappa shape index (κ2) is 8.20. The molecule has 2 heterocycles. The fourth-order valence-electron chi connectivity index (χ4n) is 2.81. The summed E-state index contributed by atoms with van der Waals surface area (Å²) >= 11 is 1.14. The van der Waals surface area contributed by atoms with Gasteiger partial charge in [-0.05, 0) is 48.5 Å². The van der Waals surface area contributed by atoms with E-state index >= 15 is 0 Å². The van der Waals surface area contributed by atoms with Crippen LogP contribution >= 0.6 is 11.3 Å². The molecule has 0 saturated heterocycles. The highest BCUT2D eigenvalue weighted by Crippen LogP contribution is 2.35. The van der Waals surface area contributed by atoms with Crippen molar-refractivity contribution in [1.29, 1.82) is 5.26 Å². The van der Waals surface area contributed by atoms with Crippen LogP contribution in [0, 0.1) is 11.3 Å². The highest BCUT2D eigenvalue weighted by atomic mass is 32.1. The zero-order valence-corrected chi connectivity index (χ0v) is 16.7. The lowest BCUT2D eigenvalue weighted by molar-refractivity contribution is -0.137. The average Bonchev–Trinajstić information content (AvgIpc) is 3.17. The van der Waals surface area contributed by atoms with Crippen LogP contribution in [0.25, 0.3) is 10.2 Å². The Hall–Kier alpha value is -3.71. The number of hydrogen-bond donors (Lipinski definition) is 0. The minimum atomic E-state index is -4.47. The smallest absolute Gasteiger partial charge is 0.416 e. The zero-order valence-electron chi connectivity index (χ0n) is 15.9. The Morgan fingerprint density at radius 1 is 1.03 bits per heavy atom. The van der Waals surface area contributed by atoms with Crippen molar-refractivity contribution < 1.29 is 22.6 Å². The number of ether oxygens (including phenoxy) is 2. The van der Waals surface area contributed by atoms with E-state index in [0.29, 0.717) is 26.9 Å². The van der Waals surface area contributed by atoms with Gasteiger partial charge in [-0.1, -0.05) is 0 Å². The molecule has 2 aromatic heterocycles. The Kier molecular flexibility index (Phi) is 5.44. The number of thiazole rings is 1. The minimum absolute atomic E-state index is 0.0309. The third-order valence-electron chi connectivity index (χ3n) is 4.33. The zero-order chi connectivity index (χ0) is 22.0. The van der Waals surface area contributed by atoms with E-state index in [4.69, 9.17) is 9.47 Å². The van der Waals surface area contributed by atoms with Gasteiger partial charge < -0.3 is 9.47 Å². The van der Waals surface area contributed by atoms with Gasteiger partial charge in [0.05, 0.1) is 34.7 Å². The van der Waals surface area contributed by atoms with Crippen LogP contribution in [0.5, 0.6) is 17.5 Å². The maximum Gasteiger partial charge on any atom is 0.416 e. The van der Waals surface area contributed by atoms with E-state index < -0.39 is 17.7 Å². The van der Waals surface area contributed by atoms with Gasteiger partial charge >= 0.3 is 12.2 Å². The van der Waals surface area contributed by atoms with Gasteiger partial charge in [0.15, 0.2) is 0 Å². The Balaban J connectivity index is 1.63. The molecular weight excluding hydrogens is 429 g/mol. The Morgan fingerprint density at radius 2 is 1.77 bits per heavy atom. The summed E-state index contributed by atoms with van der Waals surface area (Å²) < 4.78 is 50.2. The van der Waals surface area contributed by atoms with Gasteiger partial charge in [-0.3, -0.25) is 0 Å². The van der Waals surface area contributed by atoms with Crippen LogP contribution in [-0.2, 0) is 6.18 Å². The van der Waals surface area contributed by atoms with Gasteiger partial charge in [0.1, 0.15) is 22.4 Å². The van der Waals surface area contributed by atoms with Crippen LogP contribution in [0.3, 0.4) is 0 Å². The summed E-state index contributed by atoms with van der Waals surface area (Å²) in [5.74, 6) is 0.259. The Bertz CT molecular complexity index is 1270. The van der Waals surface area contributed by atoms with Crippen molar-refractivity contribution in [2.24, 2.45) is 0 Å². The van der Waals surface area contributed by atoms with Crippen LogP contribution in [0.1, 0.15) is 22.2 Å². The lowest BCUT2D eigenvalue weighted by atomic mass is 10.1. The Morgan fingerprint density at radius 3 is 2.45 bits per heavy atom. The van der Waals surface area contributed by atoms with Gasteiger partial charge in [0.2, 0.25) is 0 Å². The summed E-state index contributed by atoms with van der Waals surface area (Å²) in [6, 6.07) is 13.8. The maximum absolute atomic E-state index is 13.0. The average molecular weight is 442 g/mol. The largest absolute Gasteiger partial charge is 0.497 e. The first kappa shape index (κ1) is 20.6. The summed E-state index contributed by atoms with van der Waals surface area (Å²) in [6.45, 7) is 0. The van der Waals surface area contributed by atoms with E-state index in [1.807, 2.05) is 0 Å². The molecule has 31 heavy (non-hydrogen) atoms. The molecule has 0 aliphatic carbocycles. The number of nitriles is 1. The van der Waals surface area contributed by atoms with Crippen molar-refractivity contribution in [1.82, 2.24) is 15.0 Å². The number of halogens is 3. The molecule has 0 radical (unpaired) electrons. The molecule has 0 spiro atoms. The fourth-order valence-corrected chi connectivity index (χ4v) is 3.81. The van der Waals surface area contributed by atoms with E-state index in [-0.39, 0.29) is 11.5 Å². The maximum atomic E-state index is 13.0. The molecule has 0 N–H and O–H groups in total. The number of nitrogens with zero attached hydrogens (tertiary/aromatic N) is 4. The van der Waals surface area contributed by atoms with Crippen molar-refractivity contribution in [3.8, 4) is 23.6 Å². The molecule has 1 atom stereocenters. The normalized spacial score (nSPS) is 12.4. The number of hydrogen-bond acceptors (Lipinski definition) is 7. The lowest BCUT2D eigenvalue weighted by Gasteiger charge is -2.08. The van der Waals surface area contributed by atoms with Crippen molar-refractivity contribution >= 4 is 21.6 Å². The number of aromatic nitrogens is 3. The summed E-state index contributed by atoms with van der Waals surface area (Å²) in [5, 5.41) is 10.0. The second-order valence-electron chi connectivity index (χ2n) is 6.34. The molecule has 4 aromatic rings. The minimum Gasteiger partial charge on any atom is -0.497 e. The van der Waals surface area contributed by atoms with E-state index in [0.717, 1.165) is 23.5 Å². The van der Waals surface area contributed by atoms with Gasteiger partial charge in [-0.15, -0.1) is 11.3 Å². The summed E-state index contributed by atoms with van der Waals surface area (Å²) in [6.07, 6.45) is -3.02. The van der Waals surface area contributed by atoms with Crippen LogP contribution in [0.2, 0.25) is 0 Å².